The van der Waals surface area contributed by atoms with Crippen molar-refractivity contribution in [1.82, 2.24) is 0 Å². The number of ether oxygens (including phenoxy) is 1. The summed E-state index contributed by atoms with van der Waals surface area (Å²) in [5, 5.41) is 19.2. The van der Waals surface area contributed by atoms with E-state index < -0.39 is 11.9 Å². The van der Waals surface area contributed by atoms with E-state index in [-0.39, 0.29) is 29.8 Å². The van der Waals surface area contributed by atoms with Gasteiger partial charge >= 0.3 is 11.9 Å². The third kappa shape index (κ3) is 5.62. The van der Waals surface area contributed by atoms with Crippen molar-refractivity contribution in [3.05, 3.63) is 12.2 Å². The zero-order chi connectivity index (χ0) is 21.8. The predicted octanol–water partition coefficient (Wildman–Crippen LogP) is 4.97. The Kier molecular flexibility index (Phi) is 7.94. The smallest absolute Gasteiger partial charge is 0.306 e. The summed E-state index contributed by atoms with van der Waals surface area (Å²) in [5.41, 5.74) is 1.51. The van der Waals surface area contributed by atoms with Crippen molar-refractivity contribution in [3.63, 3.8) is 0 Å². The number of aliphatic hydroxyl groups is 1. The maximum absolute atomic E-state index is 11.5. The van der Waals surface area contributed by atoms with Crippen LogP contribution in [-0.2, 0) is 14.3 Å². The molecule has 5 atom stereocenters. The number of carbonyl (C=O) groups excluding carboxylic acids is 1. The minimum atomic E-state index is -0.978. The average molecular weight is 409 g/mol. The lowest BCUT2D eigenvalue weighted by Gasteiger charge is -2.59. The van der Waals surface area contributed by atoms with E-state index in [9.17, 15) is 14.7 Å². The molecule has 0 radical (unpaired) electrons. The molecule has 0 spiro atoms. The fourth-order valence-corrected chi connectivity index (χ4v) is 5.95. The Morgan fingerprint density at radius 1 is 1.21 bits per heavy atom. The van der Waals surface area contributed by atoms with Crippen molar-refractivity contribution < 1.29 is 24.5 Å². The monoisotopic (exact) mass is 408 g/mol. The van der Waals surface area contributed by atoms with Crippen molar-refractivity contribution in [2.75, 3.05) is 6.61 Å². The maximum Gasteiger partial charge on any atom is 0.306 e. The number of rotatable bonds is 9. The van der Waals surface area contributed by atoms with Crippen LogP contribution in [0.25, 0.3) is 0 Å². The van der Waals surface area contributed by atoms with Crippen LogP contribution >= 0.6 is 0 Å². The zero-order valence-corrected chi connectivity index (χ0v) is 18.7. The highest BCUT2D eigenvalue weighted by Crippen LogP contribution is 2.61. The third-order valence-corrected chi connectivity index (χ3v) is 7.92. The molecule has 5 heteroatoms. The van der Waals surface area contributed by atoms with Crippen LogP contribution in [0, 0.1) is 28.6 Å². The molecule has 0 aliphatic heterocycles. The SMILES string of the molecule is C=C1CC[C@@H]2C(C)(C)[C@H](O)CC[C@]2(C)[C@@H]1CC[C@H](C)CCOC(=O)CCC(=O)O. The predicted molar refractivity (Wildman–Crippen MR) is 113 cm³/mol. The van der Waals surface area contributed by atoms with Crippen LogP contribution in [-0.4, -0.2) is 34.9 Å². The first-order chi connectivity index (χ1) is 13.5. The van der Waals surface area contributed by atoms with Crippen LogP contribution in [0.2, 0.25) is 0 Å². The highest BCUT2D eigenvalue weighted by atomic mass is 16.5. The Labute approximate surface area is 175 Å². The van der Waals surface area contributed by atoms with Crippen LogP contribution in [0.3, 0.4) is 0 Å². The van der Waals surface area contributed by atoms with Gasteiger partial charge in [0.15, 0.2) is 0 Å². The Morgan fingerprint density at radius 2 is 1.90 bits per heavy atom. The van der Waals surface area contributed by atoms with E-state index in [1.165, 1.54) is 5.57 Å². The standard InChI is InChI=1S/C24H40O5/c1-16(13-15-29-22(28)11-10-21(26)27)6-8-18-17(2)7-9-19-23(3,4)20(25)12-14-24(18,19)5/h16,18-20,25H,2,6-15H2,1,3-5H3,(H,26,27)/t16-,18+,19+,20+,24+/m0/s1. The van der Waals surface area contributed by atoms with Gasteiger partial charge in [0.05, 0.1) is 25.6 Å². The van der Waals surface area contributed by atoms with Crippen LogP contribution in [0.15, 0.2) is 12.2 Å². The molecule has 0 aromatic carbocycles. The first-order valence-corrected chi connectivity index (χ1v) is 11.2. The normalized spacial score (nSPS) is 32.3. The summed E-state index contributed by atoms with van der Waals surface area (Å²) in [4.78, 5) is 22.1. The maximum atomic E-state index is 11.5. The first-order valence-electron chi connectivity index (χ1n) is 11.2. The Bertz CT molecular complexity index is 610. The second-order valence-corrected chi connectivity index (χ2v) is 10.3. The molecule has 0 heterocycles. The van der Waals surface area contributed by atoms with Gasteiger partial charge in [-0.15, -0.1) is 0 Å². The molecule has 2 aliphatic carbocycles. The lowest BCUT2D eigenvalue weighted by atomic mass is 9.46. The van der Waals surface area contributed by atoms with E-state index in [4.69, 9.17) is 9.84 Å². The van der Waals surface area contributed by atoms with Crippen molar-refractivity contribution >= 4 is 11.9 Å². The number of carboxylic acids is 1. The van der Waals surface area contributed by atoms with E-state index in [1.807, 2.05) is 0 Å². The van der Waals surface area contributed by atoms with Gasteiger partial charge in [-0.2, -0.15) is 0 Å². The Balaban J connectivity index is 1.86. The van der Waals surface area contributed by atoms with E-state index in [2.05, 4.69) is 34.3 Å². The van der Waals surface area contributed by atoms with Crippen molar-refractivity contribution in [2.45, 2.75) is 91.6 Å². The van der Waals surface area contributed by atoms with Gasteiger partial charge in [-0.3, -0.25) is 9.59 Å². The topological polar surface area (TPSA) is 83.8 Å². The molecular weight excluding hydrogens is 368 g/mol. The molecule has 2 saturated carbocycles. The molecule has 29 heavy (non-hydrogen) atoms. The summed E-state index contributed by atoms with van der Waals surface area (Å²) in [5.74, 6) is 0.0152. The van der Waals surface area contributed by atoms with Crippen LogP contribution in [0.5, 0.6) is 0 Å². The second kappa shape index (κ2) is 9.63. The number of carbonyl (C=O) groups is 2. The molecule has 2 N–H and O–H groups in total. The molecule has 0 amide bonds. The number of esters is 1. The van der Waals surface area contributed by atoms with E-state index in [1.54, 1.807) is 0 Å². The molecule has 0 bridgehead atoms. The molecular formula is C24H40O5. The summed E-state index contributed by atoms with van der Waals surface area (Å²) in [6.45, 7) is 13.8. The number of carboxylic acid groups (broad SMARTS) is 1. The fraction of sp³-hybridized carbons (Fsp3) is 0.833. The highest BCUT2D eigenvalue weighted by molar-refractivity contribution is 5.76. The van der Waals surface area contributed by atoms with Gasteiger partial charge in [0.1, 0.15) is 0 Å². The van der Waals surface area contributed by atoms with E-state index in [0.29, 0.717) is 24.4 Å². The highest BCUT2D eigenvalue weighted by Gasteiger charge is 2.55. The van der Waals surface area contributed by atoms with Gasteiger partial charge in [-0.05, 0) is 73.5 Å². The third-order valence-electron chi connectivity index (χ3n) is 7.92. The van der Waals surface area contributed by atoms with Gasteiger partial charge < -0.3 is 14.9 Å². The molecule has 0 aromatic rings. The van der Waals surface area contributed by atoms with Crippen LogP contribution < -0.4 is 0 Å². The largest absolute Gasteiger partial charge is 0.481 e. The molecule has 0 saturated heterocycles. The van der Waals surface area contributed by atoms with Crippen molar-refractivity contribution in [3.8, 4) is 0 Å². The molecule has 0 unspecified atom stereocenters. The summed E-state index contributed by atoms with van der Waals surface area (Å²) in [6.07, 6.45) is 6.58. The molecule has 166 valence electrons. The van der Waals surface area contributed by atoms with Crippen LogP contribution in [0.1, 0.15) is 85.5 Å². The molecule has 5 nitrogen and oxygen atoms in total. The van der Waals surface area contributed by atoms with Gasteiger partial charge in [0.2, 0.25) is 0 Å². The van der Waals surface area contributed by atoms with Crippen LogP contribution in [0.4, 0.5) is 0 Å². The quantitative estimate of drug-likeness (QED) is 0.416. The summed E-state index contributed by atoms with van der Waals surface area (Å²) in [6, 6.07) is 0. The van der Waals surface area contributed by atoms with E-state index in [0.717, 1.165) is 44.9 Å². The molecule has 0 aromatic heterocycles. The minimum Gasteiger partial charge on any atom is -0.481 e. The molecule has 2 rings (SSSR count). The Morgan fingerprint density at radius 3 is 2.55 bits per heavy atom. The van der Waals surface area contributed by atoms with Gasteiger partial charge in [0, 0.05) is 0 Å². The van der Waals surface area contributed by atoms with Gasteiger partial charge in [-0.1, -0.05) is 39.8 Å². The summed E-state index contributed by atoms with van der Waals surface area (Å²) < 4.78 is 5.17. The fourth-order valence-electron chi connectivity index (χ4n) is 5.95. The number of aliphatic carboxylic acids is 1. The Hall–Kier alpha value is -1.36. The number of fused-ring (bicyclic) bond motifs is 1. The lowest BCUT2D eigenvalue weighted by molar-refractivity contribution is -0.148. The van der Waals surface area contributed by atoms with Crippen molar-refractivity contribution in [1.29, 1.82) is 0 Å². The number of aliphatic hydroxyl groups excluding tert-OH is 1. The van der Waals surface area contributed by atoms with Gasteiger partial charge in [0.25, 0.3) is 0 Å². The number of hydrogen-bond acceptors (Lipinski definition) is 4. The average Bonchev–Trinajstić information content (AvgIpc) is 2.63. The molecule has 2 aliphatic rings. The summed E-state index contributed by atoms with van der Waals surface area (Å²) >= 11 is 0. The number of allylic oxidation sites excluding steroid dienone is 1. The van der Waals surface area contributed by atoms with E-state index >= 15 is 0 Å². The lowest BCUT2D eigenvalue weighted by Crippen LogP contribution is -2.54. The minimum absolute atomic E-state index is 0.0538. The molecule has 2 fully saturated rings. The first kappa shape index (κ1) is 23.9. The van der Waals surface area contributed by atoms with Gasteiger partial charge in [-0.25, -0.2) is 0 Å². The zero-order valence-electron chi connectivity index (χ0n) is 18.7. The summed E-state index contributed by atoms with van der Waals surface area (Å²) in [7, 11) is 0. The second-order valence-electron chi connectivity index (χ2n) is 10.3. The van der Waals surface area contributed by atoms with Crippen molar-refractivity contribution in [2.24, 2.45) is 28.6 Å². The number of hydrogen-bond donors (Lipinski definition) is 2.